The van der Waals surface area contributed by atoms with Crippen LogP contribution in [0.2, 0.25) is 0 Å². The van der Waals surface area contributed by atoms with Crippen LogP contribution in [0.3, 0.4) is 0 Å². The normalized spacial score (nSPS) is 14.0. The van der Waals surface area contributed by atoms with Gasteiger partial charge in [-0.3, -0.25) is 0 Å². The number of thiol groups is 1. The zero-order valence-corrected chi connectivity index (χ0v) is 7.05. The molecule has 0 N–H and O–H groups in total. The van der Waals surface area contributed by atoms with E-state index in [2.05, 4.69) is 33.1 Å². The molecule has 0 fully saturated rings. The maximum absolute atomic E-state index is 3.26. The number of rotatable bonds is 1. The minimum Gasteiger partial charge on any atom is -0.191 e. The van der Waals surface area contributed by atoms with Gasteiger partial charge in [-0.25, -0.2) is 0 Å². The summed E-state index contributed by atoms with van der Waals surface area (Å²) in [5.41, 5.74) is 0. The molecule has 0 spiro atoms. The lowest BCUT2D eigenvalue weighted by molar-refractivity contribution is 0.810. The van der Waals surface area contributed by atoms with Crippen molar-refractivity contribution < 1.29 is 0 Å². The van der Waals surface area contributed by atoms with Crippen molar-refractivity contribution in [3.8, 4) is 0 Å². The molecule has 0 saturated heterocycles. The molecule has 8 heavy (non-hydrogen) atoms. The van der Waals surface area contributed by atoms with Gasteiger partial charge in [0.15, 0.2) is 0 Å². The fraction of sp³-hybridized carbons (Fsp3) is 0.857. The SMILES string of the molecule is CC[C]=[SH]C(C)(C)C. The van der Waals surface area contributed by atoms with Crippen LogP contribution in [0.15, 0.2) is 0 Å². The largest absolute Gasteiger partial charge is 0.191 e. The van der Waals surface area contributed by atoms with Gasteiger partial charge >= 0.3 is 0 Å². The van der Waals surface area contributed by atoms with Gasteiger partial charge in [-0.15, -0.1) is 0 Å². The van der Waals surface area contributed by atoms with Crippen LogP contribution >= 0.6 is 11.4 Å². The van der Waals surface area contributed by atoms with E-state index in [-0.39, 0.29) is 0 Å². The molecule has 0 aliphatic rings. The Morgan fingerprint density at radius 1 is 1.38 bits per heavy atom. The summed E-state index contributed by atoms with van der Waals surface area (Å²) in [5.74, 6) is 0. The van der Waals surface area contributed by atoms with Gasteiger partial charge in [0.2, 0.25) is 0 Å². The van der Waals surface area contributed by atoms with Crippen LogP contribution in [0, 0.1) is 0 Å². The van der Waals surface area contributed by atoms with Gasteiger partial charge in [0.25, 0.3) is 0 Å². The van der Waals surface area contributed by atoms with E-state index in [0.29, 0.717) is 4.75 Å². The highest BCUT2D eigenvalue weighted by atomic mass is 32.1. The average Bonchev–Trinajstić information content (AvgIpc) is 1.59. The van der Waals surface area contributed by atoms with E-state index in [1.54, 1.807) is 0 Å². The van der Waals surface area contributed by atoms with Crippen LogP contribution in [-0.4, -0.2) is 10.1 Å². The van der Waals surface area contributed by atoms with E-state index in [1.807, 2.05) is 0 Å². The topological polar surface area (TPSA) is 0 Å². The first-order chi connectivity index (χ1) is 3.56. The van der Waals surface area contributed by atoms with Crippen molar-refractivity contribution >= 4 is 16.7 Å². The molecule has 0 atom stereocenters. The molecule has 0 bridgehead atoms. The second kappa shape index (κ2) is 3.29. The Kier molecular flexibility index (Phi) is 3.38. The molecule has 0 amide bonds. The van der Waals surface area contributed by atoms with Gasteiger partial charge in [-0.1, -0.05) is 27.7 Å². The van der Waals surface area contributed by atoms with E-state index in [1.165, 1.54) is 11.4 Å². The fourth-order valence-electron chi connectivity index (χ4n) is 0.316. The zero-order valence-electron chi connectivity index (χ0n) is 6.15. The van der Waals surface area contributed by atoms with E-state index < -0.39 is 0 Å². The average molecular weight is 131 g/mol. The van der Waals surface area contributed by atoms with Gasteiger partial charge in [-0.2, -0.15) is 11.4 Å². The fourth-order valence-corrected chi connectivity index (χ4v) is 0.949. The Balaban J connectivity index is 3.52. The molecule has 0 rings (SSSR count). The van der Waals surface area contributed by atoms with Gasteiger partial charge in [-0.05, 0) is 11.8 Å². The summed E-state index contributed by atoms with van der Waals surface area (Å²) in [7, 11) is 0. The molecule has 0 heterocycles. The molecule has 0 aromatic carbocycles. The molecule has 0 aliphatic heterocycles. The number of hydrogen-bond acceptors (Lipinski definition) is 0. The summed E-state index contributed by atoms with van der Waals surface area (Å²) >= 11 is 1.34. The van der Waals surface area contributed by atoms with Crippen molar-refractivity contribution in [3.05, 3.63) is 0 Å². The van der Waals surface area contributed by atoms with E-state index in [9.17, 15) is 0 Å². The van der Waals surface area contributed by atoms with Crippen molar-refractivity contribution in [1.82, 2.24) is 0 Å². The minimum atomic E-state index is 0.413. The lowest BCUT2D eigenvalue weighted by atomic mass is 10.3. The molecule has 0 saturated carbocycles. The van der Waals surface area contributed by atoms with Crippen molar-refractivity contribution in [1.29, 1.82) is 0 Å². The maximum atomic E-state index is 3.26. The van der Waals surface area contributed by atoms with Crippen molar-refractivity contribution in [3.63, 3.8) is 0 Å². The molecule has 1 radical (unpaired) electrons. The first-order valence-electron chi connectivity index (χ1n) is 3.01. The van der Waals surface area contributed by atoms with Crippen molar-refractivity contribution in [2.75, 3.05) is 0 Å². The maximum Gasteiger partial charge on any atom is 0.0000557 e. The highest BCUT2D eigenvalue weighted by Crippen LogP contribution is 2.14. The predicted octanol–water partition coefficient (Wildman–Crippen LogP) is 2.34. The summed E-state index contributed by atoms with van der Waals surface area (Å²) in [6.45, 7) is 8.78. The molecule has 0 nitrogen and oxygen atoms in total. The first kappa shape index (κ1) is 8.22. The summed E-state index contributed by atoms with van der Waals surface area (Å²) < 4.78 is 0.413. The van der Waals surface area contributed by atoms with Crippen LogP contribution in [0.1, 0.15) is 34.1 Å². The van der Waals surface area contributed by atoms with Crippen LogP contribution in [0.4, 0.5) is 0 Å². The smallest absolute Gasteiger partial charge is 0.0000557 e. The van der Waals surface area contributed by atoms with Gasteiger partial charge < -0.3 is 0 Å². The Bertz CT molecular complexity index is 76.9. The Hall–Kier alpha value is 0.220. The van der Waals surface area contributed by atoms with Crippen LogP contribution in [0.25, 0.3) is 0 Å². The molecule has 0 aromatic heterocycles. The first-order valence-corrected chi connectivity index (χ1v) is 3.90. The van der Waals surface area contributed by atoms with Gasteiger partial charge in [0, 0.05) is 4.75 Å². The van der Waals surface area contributed by atoms with Crippen molar-refractivity contribution in [2.24, 2.45) is 0 Å². The Morgan fingerprint density at radius 3 is 2.00 bits per heavy atom. The monoisotopic (exact) mass is 131 g/mol. The summed E-state index contributed by atoms with van der Waals surface area (Å²) in [6.07, 6.45) is 1.07. The lowest BCUT2D eigenvalue weighted by Gasteiger charge is -2.10. The van der Waals surface area contributed by atoms with Gasteiger partial charge in [0.1, 0.15) is 0 Å². The Labute approximate surface area is 56.3 Å². The van der Waals surface area contributed by atoms with Crippen LogP contribution < -0.4 is 0 Å². The minimum absolute atomic E-state index is 0.413. The molecule has 1 heteroatoms. The molecular formula is C7H15S. The van der Waals surface area contributed by atoms with E-state index in [4.69, 9.17) is 0 Å². The summed E-state index contributed by atoms with van der Waals surface area (Å²) in [4.78, 5) is 0. The van der Waals surface area contributed by atoms with Crippen molar-refractivity contribution in [2.45, 2.75) is 38.9 Å². The molecule has 0 aliphatic carbocycles. The quantitative estimate of drug-likeness (QED) is 0.410. The third-order valence-electron chi connectivity index (χ3n) is 0.573. The predicted molar refractivity (Wildman–Crippen MR) is 44.0 cm³/mol. The van der Waals surface area contributed by atoms with Gasteiger partial charge in [0.05, 0.1) is 0 Å². The Morgan fingerprint density at radius 2 is 1.88 bits per heavy atom. The molecule has 0 unspecified atom stereocenters. The third kappa shape index (κ3) is 6.22. The highest BCUT2D eigenvalue weighted by molar-refractivity contribution is 7.98. The summed E-state index contributed by atoms with van der Waals surface area (Å²) in [5, 5.41) is 3.26. The van der Waals surface area contributed by atoms with E-state index in [0.717, 1.165) is 6.42 Å². The lowest BCUT2D eigenvalue weighted by Crippen LogP contribution is -2.03. The molecule has 49 valence electrons. The molecule has 0 aromatic rings. The van der Waals surface area contributed by atoms with Crippen LogP contribution in [-0.2, 0) is 0 Å². The zero-order chi connectivity index (χ0) is 6.62. The summed E-state index contributed by atoms with van der Waals surface area (Å²) in [6, 6.07) is 0. The second-order valence-electron chi connectivity index (χ2n) is 2.79. The molecular weight excluding hydrogens is 116 g/mol. The number of hydrogen-bond donors (Lipinski definition) is 1. The standard InChI is InChI=1S/C7H15S/c1-5-6-8-7(2,3)4/h8H,5H2,1-4H3. The highest BCUT2D eigenvalue weighted by Gasteiger charge is 2.01. The third-order valence-corrected chi connectivity index (χ3v) is 1.72. The second-order valence-corrected chi connectivity index (χ2v) is 4.68. The van der Waals surface area contributed by atoms with Crippen LogP contribution in [0.5, 0.6) is 0 Å². The van der Waals surface area contributed by atoms with E-state index >= 15 is 0 Å².